The van der Waals surface area contributed by atoms with Crippen LogP contribution in [0.4, 0.5) is 0 Å². The molecule has 1 heterocycles. The number of aliphatic hydroxyl groups is 6. The first-order valence-corrected chi connectivity index (χ1v) is 10.3. The van der Waals surface area contributed by atoms with Gasteiger partial charge in [0.25, 0.3) is 0 Å². The average molecular weight is 496 g/mol. The van der Waals surface area contributed by atoms with Gasteiger partial charge in [-0.1, -0.05) is 0 Å². The van der Waals surface area contributed by atoms with Crippen molar-refractivity contribution in [2.75, 3.05) is 13.2 Å². The number of hydrogen-bond acceptors (Lipinski definition) is 14. The second-order valence-corrected chi connectivity index (χ2v) is 7.80. The first-order chi connectivity index (χ1) is 15.8. The first-order valence-electron chi connectivity index (χ1n) is 10.3. The summed E-state index contributed by atoms with van der Waals surface area (Å²) in [5, 5.41) is 61.1. The molecule has 0 saturated carbocycles. The molecule has 0 aliphatic carbocycles. The lowest BCUT2D eigenvalue weighted by Crippen LogP contribution is -2.65. The molecule has 9 N–H and O–H groups in total. The van der Waals surface area contributed by atoms with Gasteiger partial charge in [0.1, 0.15) is 42.6 Å². The van der Waals surface area contributed by atoms with Crippen molar-refractivity contribution in [2.45, 2.75) is 81.9 Å². The van der Waals surface area contributed by atoms with Crippen molar-refractivity contribution < 1.29 is 64.0 Å². The van der Waals surface area contributed by atoms with Gasteiger partial charge in [-0.3, -0.25) is 14.4 Å². The molecule has 15 heteroatoms. The van der Waals surface area contributed by atoms with E-state index in [2.05, 4.69) is 5.32 Å². The predicted octanol–water partition coefficient (Wildman–Crippen LogP) is -5.55. The fraction of sp³-hybridized carbons (Fsp3) is 0.789. The Morgan fingerprint density at radius 1 is 1.12 bits per heavy atom. The number of nitrogens with two attached hydrogens (primary N) is 1. The van der Waals surface area contributed by atoms with Gasteiger partial charge in [-0.25, -0.2) is 4.79 Å². The third-order valence-corrected chi connectivity index (χ3v) is 5.11. The van der Waals surface area contributed by atoms with Crippen LogP contribution in [0.25, 0.3) is 0 Å². The minimum atomic E-state index is -2.07. The lowest BCUT2D eigenvalue weighted by atomic mass is 9.96. The molecule has 15 nitrogen and oxygen atoms in total. The van der Waals surface area contributed by atoms with Gasteiger partial charge in [-0.2, -0.15) is 0 Å². The van der Waals surface area contributed by atoms with Gasteiger partial charge in [0, 0.05) is 13.8 Å². The average Bonchev–Trinajstić information content (AvgIpc) is 2.78. The van der Waals surface area contributed by atoms with Gasteiger partial charge in [-0.05, 0) is 6.92 Å². The van der Waals surface area contributed by atoms with Crippen LogP contribution in [0.3, 0.4) is 0 Å². The topological polar surface area (TPSA) is 255 Å². The smallest absolute Gasteiger partial charge is 0.335 e. The number of rotatable bonds is 12. The summed E-state index contributed by atoms with van der Waals surface area (Å²) in [4.78, 5) is 47.5. The maximum absolute atomic E-state index is 12.6. The molecule has 1 rings (SSSR count). The molecule has 1 amide bonds. The Hall–Kier alpha value is -2.08. The highest BCUT2D eigenvalue weighted by Gasteiger charge is 2.47. The molecule has 0 aromatic carbocycles. The van der Waals surface area contributed by atoms with Crippen LogP contribution in [0.2, 0.25) is 0 Å². The summed E-state index contributed by atoms with van der Waals surface area (Å²) >= 11 is 0. The molecule has 1 unspecified atom stereocenters. The van der Waals surface area contributed by atoms with Crippen molar-refractivity contribution in [3.05, 3.63) is 0 Å². The quantitative estimate of drug-likeness (QED) is 0.0926. The van der Waals surface area contributed by atoms with E-state index in [0.717, 1.165) is 20.8 Å². The van der Waals surface area contributed by atoms with E-state index in [1.807, 2.05) is 0 Å². The largest absolute Gasteiger partial charge is 0.455 e. The van der Waals surface area contributed by atoms with E-state index >= 15 is 0 Å². The zero-order valence-corrected chi connectivity index (χ0v) is 18.8. The fourth-order valence-electron chi connectivity index (χ4n) is 3.22. The Kier molecular flexibility index (Phi) is 11.6. The van der Waals surface area contributed by atoms with Crippen LogP contribution < -0.4 is 11.1 Å². The maximum atomic E-state index is 12.6. The van der Waals surface area contributed by atoms with Crippen molar-refractivity contribution in [3.63, 3.8) is 0 Å². The number of esters is 1. The van der Waals surface area contributed by atoms with Gasteiger partial charge < -0.3 is 55.9 Å². The molecule has 196 valence electrons. The minimum absolute atomic E-state index is 0.638. The molecular formula is C19H32N2O13. The summed E-state index contributed by atoms with van der Waals surface area (Å²) in [6.45, 7) is 1.39. The standard InChI is InChI=1S/C19H32N2O13/c1-6(24)13(27)11(20)16(14(28)9(26)4-22)34-18(30)7(2)32-17-12(21-8(3)25)19(31)33-10(5-23)15(17)29/h7,9-12,14-17,19,22-23,26,28-29,31H,4-5,20H2,1-3H3,(H,21,25)/t7?,9-,10-,11+,12-,14-,15-,16-,17-,19+/m1/s1. The second-order valence-electron chi connectivity index (χ2n) is 7.80. The number of ketones is 2. The molecule has 0 spiro atoms. The highest BCUT2D eigenvalue weighted by atomic mass is 16.6. The van der Waals surface area contributed by atoms with E-state index < -0.39 is 97.8 Å². The van der Waals surface area contributed by atoms with Gasteiger partial charge in [0.2, 0.25) is 11.7 Å². The molecule has 10 atom stereocenters. The van der Waals surface area contributed by atoms with E-state index in [-0.39, 0.29) is 0 Å². The Morgan fingerprint density at radius 2 is 1.71 bits per heavy atom. The van der Waals surface area contributed by atoms with Gasteiger partial charge in [-0.15, -0.1) is 0 Å². The van der Waals surface area contributed by atoms with Crippen LogP contribution >= 0.6 is 0 Å². The third kappa shape index (κ3) is 7.46. The molecule has 0 bridgehead atoms. The molecule has 34 heavy (non-hydrogen) atoms. The van der Waals surface area contributed by atoms with Gasteiger partial charge in [0.15, 0.2) is 24.3 Å². The van der Waals surface area contributed by atoms with E-state index in [1.165, 1.54) is 0 Å². The molecule has 1 fully saturated rings. The van der Waals surface area contributed by atoms with Crippen LogP contribution in [0, 0.1) is 0 Å². The number of ether oxygens (including phenoxy) is 3. The van der Waals surface area contributed by atoms with Crippen molar-refractivity contribution in [2.24, 2.45) is 5.73 Å². The summed E-state index contributed by atoms with van der Waals surface area (Å²) in [7, 11) is 0. The maximum Gasteiger partial charge on any atom is 0.335 e. The predicted molar refractivity (Wildman–Crippen MR) is 109 cm³/mol. The normalized spacial score (nSPS) is 29.3. The SMILES string of the molecule is CC(=O)N[C@@H]1[C@@H](OC(C)C(=O)O[C@@H]([C@H](O)[C@H](O)CO)[C@@H](N)C(=O)C(C)=O)[C@H](O)[C@@H](CO)O[C@@H]1O. The molecular weight excluding hydrogens is 464 g/mol. The number of nitrogens with one attached hydrogen (secondary N) is 1. The van der Waals surface area contributed by atoms with E-state index in [1.54, 1.807) is 0 Å². The number of amides is 1. The molecule has 0 aromatic rings. The van der Waals surface area contributed by atoms with Crippen molar-refractivity contribution in [3.8, 4) is 0 Å². The number of Topliss-reactive ketones (excluding diaryl/α,β-unsaturated/α-hetero) is 2. The number of carbonyl (C=O) groups is 4. The number of carbonyl (C=O) groups excluding carboxylic acids is 4. The zero-order valence-electron chi connectivity index (χ0n) is 18.8. The van der Waals surface area contributed by atoms with Crippen LogP contribution in [-0.2, 0) is 33.4 Å². The summed E-state index contributed by atoms with van der Waals surface area (Å²) in [5.74, 6) is -4.16. The first kappa shape index (κ1) is 30.0. The molecule has 1 aliphatic heterocycles. The van der Waals surface area contributed by atoms with E-state index in [0.29, 0.717) is 0 Å². The van der Waals surface area contributed by atoms with Crippen LogP contribution in [0.1, 0.15) is 20.8 Å². The molecule has 1 saturated heterocycles. The van der Waals surface area contributed by atoms with Crippen molar-refractivity contribution in [1.82, 2.24) is 5.32 Å². The monoisotopic (exact) mass is 496 g/mol. The Labute approximate surface area is 194 Å². The Balaban J connectivity index is 3.10. The van der Waals surface area contributed by atoms with Crippen LogP contribution in [-0.4, -0.2) is 128 Å². The molecule has 1 aliphatic rings. The molecule has 0 radical (unpaired) electrons. The summed E-state index contributed by atoms with van der Waals surface area (Å²) in [6.07, 6.45) is -13.7. The van der Waals surface area contributed by atoms with E-state index in [4.69, 9.17) is 25.1 Å². The van der Waals surface area contributed by atoms with Crippen molar-refractivity contribution in [1.29, 1.82) is 0 Å². The lowest BCUT2D eigenvalue weighted by molar-refractivity contribution is -0.268. The second kappa shape index (κ2) is 13.1. The number of aliphatic hydroxyl groups excluding tert-OH is 6. The molecule has 0 aromatic heterocycles. The summed E-state index contributed by atoms with van der Waals surface area (Å²) < 4.78 is 15.5. The van der Waals surface area contributed by atoms with Crippen LogP contribution in [0.5, 0.6) is 0 Å². The minimum Gasteiger partial charge on any atom is -0.455 e. The lowest BCUT2D eigenvalue weighted by Gasteiger charge is -2.43. The van der Waals surface area contributed by atoms with Crippen molar-refractivity contribution >= 4 is 23.4 Å². The highest BCUT2D eigenvalue weighted by Crippen LogP contribution is 2.24. The summed E-state index contributed by atoms with van der Waals surface area (Å²) in [5.41, 5.74) is 5.64. The van der Waals surface area contributed by atoms with Crippen LogP contribution in [0.15, 0.2) is 0 Å². The number of hydrogen-bond donors (Lipinski definition) is 8. The van der Waals surface area contributed by atoms with Gasteiger partial charge >= 0.3 is 5.97 Å². The highest BCUT2D eigenvalue weighted by molar-refractivity contribution is 6.38. The Morgan fingerprint density at radius 3 is 2.18 bits per heavy atom. The summed E-state index contributed by atoms with van der Waals surface area (Å²) in [6, 6.07) is -3.27. The fourth-order valence-corrected chi connectivity index (χ4v) is 3.22. The van der Waals surface area contributed by atoms with Gasteiger partial charge in [0.05, 0.1) is 13.2 Å². The Bertz CT molecular complexity index is 735. The van der Waals surface area contributed by atoms with E-state index in [9.17, 15) is 44.7 Å². The third-order valence-electron chi connectivity index (χ3n) is 5.11. The zero-order chi connectivity index (χ0) is 26.3.